The van der Waals surface area contributed by atoms with Crippen molar-refractivity contribution in [3.8, 4) is 0 Å². The third-order valence-electron chi connectivity index (χ3n) is 3.97. The Balaban J connectivity index is 2.00. The highest BCUT2D eigenvalue weighted by Crippen LogP contribution is 2.27. The smallest absolute Gasteiger partial charge is 0.404 e. The Hall–Kier alpha value is -1.80. The van der Waals surface area contributed by atoms with Gasteiger partial charge in [-0.15, -0.1) is 0 Å². The van der Waals surface area contributed by atoms with Gasteiger partial charge in [-0.1, -0.05) is 25.0 Å². The zero-order valence-electron chi connectivity index (χ0n) is 12.7. The molecule has 1 aliphatic carbocycles. The molecule has 0 heterocycles. The molecule has 1 fully saturated rings. The van der Waals surface area contributed by atoms with E-state index in [-0.39, 0.29) is 18.2 Å². The van der Waals surface area contributed by atoms with E-state index in [0.717, 1.165) is 12.8 Å². The molecule has 23 heavy (non-hydrogen) atoms. The molecule has 7 nitrogen and oxygen atoms in total. The number of amides is 1. The van der Waals surface area contributed by atoms with Crippen molar-refractivity contribution in [2.75, 3.05) is 11.3 Å². The minimum atomic E-state index is -3.41. The first-order valence-corrected chi connectivity index (χ1v) is 9.19. The van der Waals surface area contributed by atoms with Gasteiger partial charge in [0, 0.05) is 12.2 Å². The summed E-state index contributed by atoms with van der Waals surface area (Å²) in [5.41, 5.74) is 0.962. The minimum Gasteiger partial charge on any atom is -0.465 e. The number of benzene rings is 1. The number of hydrogen-bond acceptors (Lipinski definition) is 4. The number of aliphatic hydroxyl groups excluding tert-OH is 1. The number of carboxylic acid groups (broad SMARTS) is 1. The van der Waals surface area contributed by atoms with Crippen LogP contribution in [0.15, 0.2) is 24.3 Å². The number of rotatable bonds is 7. The fraction of sp³-hybridized carbons (Fsp3) is 0.533. The fourth-order valence-electron chi connectivity index (χ4n) is 2.74. The van der Waals surface area contributed by atoms with Crippen LogP contribution in [0.5, 0.6) is 0 Å². The van der Waals surface area contributed by atoms with Gasteiger partial charge in [-0.3, -0.25) is 4.72 Å². The summed E-state index contributed by atoms with van der Waals surface area (Å²) in [6, 6.07) is 6.56. The predicted molar refractivity (Wildman–Crippen MR) is 86.8 cm³/mol. The quantitative estimate of drug-likeness (QED) is 0.605. The van der Waals surface area contributed by atoms with Gasteiger partial charge in [-0.05, 0) is 37.0 Å². The normalized spacial score (nSPS) is 16.9. The molecule has 1 aromatic carbocycles. The van der Waals surface area contributed by atoms with Crippen LogP contribution in [0.25, 0.3) is 0 Å². The molecule has 0 aliphatic heterocycles. The van der Waals surface area contributed by atoms with Crippen molar-refractivity contribution in [2.45, 2.75) is 43.5 Å². The number of sulfonamides is 1. The third-order valence-corrected chi connectivity index (χ3v) is 5.84. The van der Waals surface area contributed by atoms with Gasteiger partial charge in [-0.2, -0.15) is 0 Å². The predicted octanol–water partition coefficient (Wildman–Crippen LogP) is 2.06. The molecule has 1 amide bonds. The van der Waals surface area contributed by atoms with Crippen molar-refractivity contribution in [1.29, 1.82) is 0 Å². The largest absolute Gasteiger partial charge is 0.465 e. The third kappa shape index (κ3) is 5.11. The summed E-state index contributed by atoms with van der Waals surface area (Å²) in [5, 5.41) is 20.4. The Labute approximate surface area is 135 Å². The molecular formula is C15H22N2O5S. The zero-order chi connectivity index (χ0) is 16.9. The van der Waals surface area contributed by atoms with Crippen LogP contribution >= 0.6 is 0 Å². The maximum absolute atomic E-state index is 12.3. The zero-order valence-corrected chi connectivity index (χ0v) is 13.6. The Morgan fingerprint density at radius 2 is 2.00 bits per heavy atom. The highest BCUT2D eigenvalue weighted by molar-refractivity contribution is 7.93. The lowest BCUT2D eigenvalue weighted by atomic mass is 10.1. The number of hydrogen-bond donors (Lipinski definition) is 4. The summed E-state index contributed by atoms with van der Waals surface area (Å²) in [4.78, 5) is 10.4. The maximum atomic E-state index is 12.3. The van der Waals surface area contributed by atoms with Crippen LogP contribution in [0, 0.1) is 0 Å². The average molecular weight is 342 g/mol. The molecule has 0 saturated heterocycles. The van der Waals surface area contributed by atoms with Crippen molar-refractivity contribution in [3.05, 3.63) is 29.8 Å². The number of anilines is 1. The van der Waals surface area contributed by atoms with Gasteiger partial charge >= 0.3 is 6.09 Å². The van der Waals surface area contributed by atoms with E-state index in [9.17, 15) is 18.3 Å². The number of carbonyl (C=O) groups is 1. The molecular weight excluding hydrogens is 320 g/mol. The van der Waals surface area contributed by atoms with Crippen LogP contribution in [0.4, 0.5) is 10.5 Å². The molecule has 0 radical (unpaired) electrons. The first kappa shape index (κ1) is 17.6. The van der Waals surface area contributed by atoms with E-state index >= 15 is 0 Å². The van der Waals surface area contributed by atoms with Crippen molar-refractivity contribution < 1.29 is 23.4 Å². The van der Waals surface area contributed by atoms with Crippen molar-refractivity contribution in [2.24, 2.45) is 0 Å². The van der Waals surface area contributed by atoms with E-state index in [0.29, 0.717) is 24.1 Å². The van der Waals surface area contributed by atoms with E-state index in [1.165, 1.54) is 0 Å². The second kappa shape index (κ2) is 7.65. The molecule has 8 heteroatoms. The Morgan fingerprint density at radius 1 is 1.30 bits per heavy atom. The Bertz CT molecular complexity index is 641. The molecule has 0 spiro atoms. The SMILES string of the molecule is O=C(O)NCCC(O)c1cccc(NS(=O)(=O)C2CCCC2)c1. The molecule has 1 aromatic rings. The van der Waals surface area contributed by atoms with Crippen molar-refractivity contribution >= 4 is 21.8 Å². The summed E-state index contributed by atoms with van der Waals surface area (Å²) in [7, 11) is -3.41. The summed E-state index contributed by atoms with van der Waals surface area (Å²) >= 11 is 0. The maximum Gasteiger partial charge on any atom is 0.404 e. The van der Waals surface area contributed by atoms with Crippen LogP contribution in [0.1, 0.15) is 43.8 Å². The van der Waals surface area contributed by atoms with E-state index in [2.05, 4.69) is 10.0 Å². The van der Waals surface area contributed by atoms with Crippen molar-refractivity contribution in [3.63, 3.8) is 0 Å². The van der Waals surface area contributed by atoms with Crippen LogP contribution in [0.3, 0.4) is 0 Å². The van der Waals surface area contributed by atoms with Gasteiger partial charge in [0.1, 0.15) is 0 Å². The summed E-state index contributed by atoms with van der Waals surface area (Å²) < 4.78 is 27.1. The fourth-order valence-corrected chi connectivity index (χ4v) is 4.31. The second-order valence-corrected chi connectivity index (χ2v) is 7.68. The topological polar surface area (TPSA) is 116 Å². The first-order valence-electron chi connectivity index (χ1n) is 7.65. The standard InChI is InChI=1S/C15H22N2O5S/c18-14(8-9-16-15(19)20)11-4-3-5-12(10-11)17-23(21,22)13-6-1-2-7-13/h3-5,10,13-14,16-18H,1-2,6-9H2,(H,19,20). The van der Waals surface area contributed by atoms with Crippen LogP contribution < -0.4 is 10.0 Å². The molecule has 4 N–H and O–H groups in total. The molecule has 0 aromatic heterocycles. The van der Waals surface area contributed by atoms with Gasteiger partial charge in [0.15, 0.2) is 0 Å². The lowest BCUT2D eigenvalue weighted by Gasteiger charge is -2.16. The molecule has 1 atom stereocenters. The lowest BCUT2D eigenvalue weighted by molar-refractivity contribution is 0.162. The Kier molecular flexibility index (Phi) is 5.84. The van der Waals surface area contributed by atoms with E-state index in [1.807, 2.05) is 0 Å². The van der Waals surface area contributed by atoms with E-state index < -0.39 is 22.2 Å². The summed E-state index contributed by atoms with van der Waals surface area (Å²) in [6.07, 6.45) is 1.43. The van der Waals surface area contributed by atoms with E-state index in [4.69, 9.17) is 5.11 Å². The van der Waals surface area contributed by atoms with Gasteiger partial charge in [-0.25, -0.2) is 13.2 Å². The second-order valence-electron chi connectivity index (χ2n) is 5.72. The lowest BCUT2D eigenvalue weighted by Crippen LogP contribution is -2.25. The van der Waals surface area contributed by atoms with Gasteiger partial charge in [0.05, 0.1) is 11.4 Å². The van der Waals surface area contributed by atoms with Crippen LogP contribution in [-0.2, 0) is 10.0 Å². The molecule has 1 aliphatic rings. The molecule has 1 saturated carbocycles. The molecule has 2 rings (SSSR count). The van der Waals surface area contributed by atoms with Crippen LogP contribution in [0.2, 0.25) is 0 Å². The number of aliphatic hydroxyl groups is 1. The average Bonchev–Trinajstić information content (AvgIpc) is 3.01. The summed E-state index contributed by atoms with van der Waals surface area (Å²) in [6.45, 7) is 0.120. The monoisotopic (exact) mass is 342 g/mol. The number of nitrogens with one attached hydrogen (secondary N) is 2. The van der Waals surface area contributed by atoms with Gasteiger partial charge < -0.3 is 15.5 Å². The van der Waals surface area contributed by atoms with Gasteiger partial charge in [0.25, 0.3) is 0 Å². The Morgan fingerprint density at radius 3 is 2.65 bits per heavy atom. The first-order chi connectivity index (χ1) is 10.9. The molecule has 128 valence electrons. The summed E-state index contributed by atoms with van der Waals surface area (Å²) in [5.74, 6) is 0. The van der Waals surface area contributed by atoms with Crippen molar-refractivity contribution in [1.82, 2.24) is 5.32 Å². The molecule has 0 bridgehead atoms. The molecule has 1 unspecified atom stereocenters. The highest BCUT2D eigenvalue weighted by atomic mass is 32.2. The highest BCUT2D eigenvalue weighted by Gasteiger charge is 2.28. The van der Waals surface area contributed by atoms with Gasteiger partial charge in [0.2, 0.25) is 10.0 Å². The van der Waals surface area contributed by atoms with Crippen LogP contribution in [-0.4, -0.2) is 36.5 Å². The minimum absolute atomic E-state index is 0.120. The van der Waals surface area contributed by atoms with E-state index in [1.54, 1.807) is 24.3 Å².